The lowest BCUT2D eigenvalue weighted by Crippen LogP contribution is -2.09. The van der Waals surface area contributed by atoms with E-state index in [1.54, 1.807) is 6.07 Å². The quantitative estimate of drug-likeness (QED) is 0.779. The molecule has 2 aromatic rings. The van der Waals surface area contributed by atoms with Crippen molar-refractivity contribution in [1.29, 1.82) is 0 Å². The van der Waals surface area contributed by atoms with Gasteiger partial charge in [-0.1, -0.05) is 11.6 Å². The van der Waals surface area contributed by atoms with Gasteiger partial charge in [0.1, 0.15) is 9.36 Å². The molecule has 0 atom stereocenters. The number of halogens is 1. The molecular weight excluding hydrogens is 244 g/mol. The van der Waals surface area contributed by atoms with Crippen LogP contribution in [0.2, 0.25) is 5.15 Å². The van der Waals surface area contributed by atoms with Crippen LogP contribution in [0.5, 0.6) is 0 Å². The fraction of sp³-hybridized carbons (Fsp3) is 0. The van der Waals surface area contributed by atoms with E-state index in [0.29, 0.717) is 5.39 Å². The zero-order valence-corrected chi connectivity index (χ0v) is 9.16. The lowest BCUT2D eigenvalue weighted by atomic mass is 10.3. The molecule has 0 aliphatic carbocycles. The monoisotopic (exact) mass is 248 g/mol. The van der Waals surface area contributed by atoms with Gasteiger partial charge in [-0.25, -0.2) is 18.5 Å². The van der Waals surface area contributed by atoms with Gasteiger partial charge in [0.2, 0.25) is 10.0 Å². The lowest BCUT2D eigenvalue weighted by molar-refractivity contribution is 0.600. The Morgan fingerprint density at radius 1 is 1.50 bits per heavy atom. The van der Waals surface area contributed by atoms with Crippen molar-refractivity contribution >= 4 is 43.0 Å². The van der Waals surface area contributed by atoms with Gasteiger partial charge in [0.05, 0.1) is 0 Å². The van der Waals surface area contributed by atoms with Crippen LogP contribution < -0.4 is 5.14 Å². The molecule has 0 aliphatic heterocycles. The summed E-state index contributed by atoms with van der Waals surface area (Å²) in [6, 6.07) is 3.13. The SMILES string of the molecule is NS(=O)(=O)c1cc2c(Cl)nccc2s1. The highest BCUT2D eigenvalue weighted by molar-refractivity contribution is 7.91. The molecule has 0 aromatic carbocycles. The minimum atomic E-state index is -3.65. The van der Waals surface area contributed by atoms with Crippen molar-refractivity contribution in [3.8, 4) is 0 Å². The summed E-state index contributed by atoms with van der Waals surface area (Å²) >= 11 is 6.86. The molecule has 4 nitrogen and oxygen atoms in total. The Hall–Kier alpha value is -0.690. The number of thiophene rings is 1. The van der Waals surface area contributed by atoms with Crippen LogP contribution >= 0.6 is 22.9 Å². The Morgan fingerprint density at radius 3 is 2.79 bits per heavy atom. The molecule has 7 heteroatoms. The molecule has 0 radical (unpaired) electrons. The Morgan fingerprint density at radius 2 is 2.21 bits per heavy atom. The molecular formula is C7H5ClN2O2S2. The first-order chi connectivity index (χ1) is 6.48. The summed E-state index contributed by atoms with van der Waals surface area (Å²) in [5, 5.41) is 5.89. The molecule has 2 aromatic heterocycles. The Bertz CT molecular complexity index is 591. The lowest BCUT2D eigenvalue weighted by Gasteiger charge is -1.88. The molecule has 0 aliphatic rings. The zero-order valence-electron chi connectivity index (χ0n) is 6.77. The van der Waals surface area contributed by atoms with E-state index >= 15 is 0 Å². The van der Waals surface area contributed by atoms with Gasteiger partial charge in [0.15, 0.2) is 0 Å². The molecule has 2 rings (SSSR count). The second kappa shape index (κ2) is 3.16. The molecule has 74 valence electrons. The Kier molecular flexibility index (Phi) is 2.23. The summed E-state index contributed by atoms with van der Waals surface area (Å²) in [6.07, 6.45) is 1.52. The maximum atomic E-state index is 11.0. The average Bonchev–Trinajstić information content (AvgIpc) is 2.48. The van der Waals surface area contributed by atoms with Crippen LogP contribution in [0.3, 0.4) is 0 Å². The summed E-state index contributed by atoms with van der Waals surface area (Å²) in [6.45, 7) is 0. The van der Waals surface area contributed by atoms with E-state index in [-0.39, 0.29) is 9.36 Å². The predicted octanol–water partition coefficient (Wildman–Crippen LogP) is 1.60. The molecule has 2 heterocycles. The summed E-state index contributed by atoms with van der Waals surface area (Å²) in [4.78, 5) is 3.84. The van der Waals surface area contributed by atoms with Gasteiger partial charge in [0.25, 0.3) is 0 Å². The highest BCUT2D eigenvalue weighted by Crippen LogP contribution is 2.31. The number of sulfonamides is 1. The first-order valence-electron chi connectivity index (χ1n) is 3.55. The Balaban J connectivity index is 2.81. The third-order valence-electron chi connectivity index (χ3n) is 1.65. The van der Waals surface area contributed by atoms with Crippen molar-refractivity contribution in [1.82, 2.24) is 4.98 Å². The van der Waals surface area contributed by atoms with Gasteiger partial charge in [-0.2, -0.15) is 0 Å². The van der Waals surface area contributed by atoms with E-state index in [9.17, 15) is 8.42 Å². The van der Waals surface area contributed by atoms with Crippen LogP contribution in [0.15, 0.2) is 22.5 Å². The average molecular weight is 249 g/mol. The van der Waals surface area contributed by atoms with E-state index < -0.39 is 10.0 Å². The normalized spacial score (nSPS) is 12.1. The van der Waals surface area contributed by atoms with E-state index in [0.717, 1.165) is 16.0 Å². The topological polar surface area (TPSA) is 73.1 Å². The van der Waals surface area contributed by atoms with Crippen LogP contribution in [0.4, 0.5) is 0 Å². The van der Waals surface area contributed by atoms with Crippen LogP contribution in [-0.4, -0.2) is 13.4 Å². The van der Waals surface area contributed by atoms with Gasteiger partial charge in [0, 0.05) is 16.3 Å². The van der Waals surface area contributed by atoms with Crippen LogP contribution in [0, 0.1) is 0 Å². The molecule has 0 bridgehead atoms. The first-order valence-corrected chi connectivity index (χ1v) is 6.29. The summed E-state index contributed by atoms with van der Waals surface area (Å²) in [5.41, 5.74) is 0. The number of aromatic nitrogens is 1. The zero-order chi connectivity index (χ0) is 10.3. The van der Waals surface area contributed by atoms with Crippen molar-refractivity contribution in [3.63, 3.8) is 0 Å². The fourth-order valence-electron chi connectivity index (χ4n) is 1.05. The number of pyridine rings is 1. The summed E-state index contributed by atoms with van der Waals surface area (Å²) < 4.78 is 22.9. The van der Waals surface area contributed by atoms with Gasteiger partial charge >= 0.3 is 0 Å². The highest BCUT2D eigenvalue weighted by atomic mass is 35.5. The number of hydrogen-bond donors (Lipinski definition) is 1. The molecule has 0 saturated heterocycles. The molecule has 2 N–H and O–H groups in total. The molecule has 0 spiro atoms. The number of fused-ring (bicyclic) bond motifs is 1. The van der Waals surface area contributed by atoms with Crippen molar-refractivity contribution in [2.75, 3.05) is 0 Å². The largest absolute Gasteiger partial charge is 0.247 e. The van der Waals surface area contributed by atoms with Crippen molar-refractivity contribution in [2.45, 2.75) is 4.21 Å². The van der Waals surface area contributed by atoms with Gasteiger partial charge in [-0.05, 0) is 12.1 Å². The number of nitrogens with two attached hydrogens (primary N) is 1. The molecule has 0 saturated carbocycles. The molecule has 0 fully saturated rings. The van der Waals surface area contributed by atoms with Crippen LogP contribution in [0.25, 0.3) is 10.1 Å². The van der Waals surface area contributed by atoms with Crippen molar-refractivity contribution < 1.29 is 8.42 Å². The minimum absolute atomic E-state index is 0.0994. The molecule has 0 unspecified atom stereocenters. The van der Waals surface area contributed by atoms with Gasteiger partial charge in [-0.3, -0.25) is 0 Å². The van der Waals surface area contributed by atoms with Crippen LogP contribution in [-0.2, 0) is 10.0 Å². The number of primary sulfonamides is 1. The standard InChI is InChI=1S/C7H5ClN2O2S2/c8-7-4-3-6(14(9,11)12)13-5(4)1-2-10-7/h1-3H,(H2,9,11,12). The second-order valence-electron chi connectivity index (χ2n) is 2.62. The molecule has 14 heavy (non-hydrogen) atoms. The summed E-state index contributed by atoms with van der Waals surface area (Å²) in [7, 11) is -3.65. The highest BCUT2D eigenvalue weighted by Gasteiger charge is 2.13. The van der Waals surface area contributed by atoms with Gasteiger partial charge < -0.3 is 0 Å². The van der Waals surface area contributed by atoms with Crippen LogP contribution in [0.1, 0.15) is 0 Å². The second-order valence-corrected chi connectivity index (χ2v) is 5.85. The third kappa shape index (κ3) is 1.61. The number of rotatable bonds is 1. The maximum absolute atomic E-state index is 11.0. The van der Waals surface area contributed by atoms with E-state index in [1.165, 1.54) is 12.3 Å². The predicted molar refractivity (Wildman–Crippen MR) is 56.0 cm³/mol. The first kappa shape index (κ1) is 9.85. The van der Waals surface area contributed by atoms with Crippen molar-refractivity contribution in [2.24, 2.45) is 5.14 Å². The number of hydrogen-bond acceptors (Lipinski definition) is 4. The Labute approximate surface area is 89.4 Å². The van der Waals surface area contributed by atoms with E-state index in [4.69, 9.17) is 16.7 Å². The third-order valence-corrected chi connectivity index (χ3v) is 4.48. The number of nitrogens with zero attached hydrogens (tertiary/aromatic N) is 1. The summed E-state index contributed by atoms with van der Waals surface area (Å²) in [5.74, 6) is 0. The van der Waals surface area contributed by atoms with Crippen molar-refractivity contribution in [3.05, 3.63) is 23.5 Å². The minimum Gasteiger partial charge on any atom is -0.244 e. The van der Waals surface area contributed by atoms with E-state index in [2.05, 4.69) is 4.98 Å². The molecule has 0 amide bonds. The smallest absolute Gasteiger partial charge is 0.244 e. The van der Waals surface area contributed by atoms with E-state index in [1.807, 2.05) is 0 Å². The van der Waals surface area contributed by atoms with Gasteiger partial charge in [-0.15, -0.1) is 11.3 Å². The maximum Gasteiger partial charge on any atom is 0.247 e. The fourth-order valence-corrected chi connectivity index (χ4v) is 3.12.